The van der Waals surface area contributed by atoms with Crippen molar-refractivity contribution in [3.63, 3.8) is 0 Å². The topological polar surface area (TPSA) is 66.4 Å². The lowest BCUT2D eigenvalue weighted by Crippen LogP contribution is -2.62. The normalized spacial score (nSPS) is 46.9. The van der Waals surface area contributed by atoms with Gasteiger partial charge in [0.05, 0.1) is 0 Å². The first-order valence-electron chi connectivity index (χ1n) is 6.34. The minimum Gasteiger partial charge on any atom is -0.550 e. The molecule has 0 heterocycles. The molecule has 4 aliphatic rings. The Bertz CT molecular complexity index is 373. The van der Waals surface area contributed by atoms with Gasteiger partial charge in [-0.15, -0.1) is 0 Å². The van der Waals surface area contributed by atoms with Crippen LogP contribution in [0.15, 0.2) is 0 Å². The molecular formula is C13H17O4-. The van der Waals surface area contributed by atoms with E-state index in [2.05, 4.69) is 0 Å². The van der Waals surface area contributed by atoms with E-state index < -0.39 is 17.0 Å². The zero-order valence-corrected chi connectivity index (χ0v) is 10.0. The van der Waals surface area contributed by atoms with E-state index >= 15 is 0 Å². The third kappa shape index (κ3) is 1.57. The lowest BCUT2D eigenvalue weighted by atomic mass is 9.48. The molecule has 0 aliphatic heterocycles. The second-order valence-corrected chi connectivity index (χ2v) is 6.31. The molecule has 0 aromatic rings. The number of aliphatic carboxylic acids is 1. The van der Waals surface area contributed by atoms with Gasteiger partial charge in [-0.05, 0) is 50.4 Å². The number of carboxylic acids is 1. The Kier molecular flexibility index (Phi) is 2.11. The molecule has 0 N–H and O–H groups in total. The van der Waals surface area contributed by atoms with Crippen molar-refractivity contribution in [2.24, 2.45) is 17.3 Å². The SMILES string of the molecule is CC(=O)OC12CC3CC(C1)CC(C(=O)[O-])(C3)C2. The second-order valence-electron chi connectivity index (χ2n) is 6.31. The summed E-state index contributed by atoms with van der Waals surface area (Å²) in [5.41, 5.74) is -1.23. The molecule has 2 unspecified atom stereocenters. The Balaban J connectivity index is 1.94. The first kappa shape index (κ1) is 11.1. The van der Waals surface area contributed by atoms with Gasteiger partial charge in [-0.2, -0.15) is 0 Å². The average Bonchev–Trinajstić information content (AvgIpc) is 2.12. The summed E-state index contributed by atoms with van der Waals surface area (Å²) >= 11 is 0. The van der Waals surface area contributed by atoms with E-state index in [1.165, 1.54) is 6.92 Å². The fraction of sp³-hybridized carbons (Fsp3) is 0.846. The monoisotopic (exact) mass is 237 g/mol. The summed E-state index contributed by atoms with van der Waals surface area (Å²) in [6.45, 7) is 1.41. The fourth-order valence-electron chi connectivity index (χ4n) is 4.84. The molecule has 4 saturated carbocycles. The molecule has 4 rings (SSSR count). The summed E-state index contributed by atoms with van der Waals surface area (Å²) < 4.78 is 5.50. The van der Waals surface area contributed by atoms with Gasteiger partial charge in [-0.3, -0.25) is 4.79 Å². The van der Waals surface area contributed by atoms with E-state index in [1.807, 2.05) is 0 Å². The molecule has 0 aromatic carbocycles. The molecule has 4 nitrogen and oxygen atoms in total. The van der Waals surface area contributed by atoms with Crippen LogP contribution in [-0.2, 0) is 14.3 Å². The maximum absolute atomic E-state index is 11.4. The van der Waals surface area contributed by atoms with Crippen LogP contribution in [0.1, 0.15) is 45.4 Å². The maximum Gasteiger partial charge on any atom is 0.303 e. The van der Waals surface area contributed by atoms with Crippen molar-refractivity contribution in [3.05, 3.63) is 0 Å². The van der Waals surface area contributed by atoms with Crippen LogP contribution in [0.2, 0.25) is 0 Å². The number of hydrogen-bond donors (Lipinski definition) is 0. The number of carbonyl (C=O) groups excluding carboxylic acids is 2. The predicted molar refractivity (Wildman–Crippen MR) is 56.6 cm³/mol. The summed E-state index contributed by atoms with van der Waals surface area (Å²) in [6, 6.07) is 0. The van der Waals surface area contributed by atoms with Gasteiger partial charge in [0, 0.05) is 18.3 Å². The second kappa shape index (κ2) is 3.24. The Hall–Kier alpha value is -1.06. The standard InChI is InChI=1S/C13H18O4/c1-8(14)17-13-5-9-2-10(6-13)4-12(3-9,7-13)11(15)16/h9-10H,2-7H2,1H3,(H,15,16)/p-1. The molecule has 4 bridgehead atoms. The Morgan fingerprint density at radius 2 is 1.76 bits per heavy atom. The Morgan fingerprint density at radius 1 is 1.18 bits per heavy atom. The molecule has 4 fully saturated rings. The van der Waals surface area contributed by atoms with Crippen LogP contribution in [0.4, 0.5) is 0 Å². The van der Waals surface area contributed by atoms with E-state index in [9.17, 15) is 14.7 Å². The van der Waals surface area contributed by atoms with Crippen molar-refractivity contribution >= 4 is 11.9 Å². The summed E-state index contributed by atoms with van der Waals surface area (Å²) in [6.07, 6.45) is 4.69. The first-order chi connectivity index (χ1) is 7.93. The van der Waals surface area contributed by atoms with Crippen LogP contribution < -0.4 is 5.11 Å². The summed E-state index contributed by atoms with van der Waals surface area (Å²) in [4.78, 5) is 22.6. The van der Waals surface area contributed by atoms with Crippen molar-refractivity contribution < 1.29 is 19.4 Å². The van der Waals surface area contributed by atoms with Gasteiger partial charge in [0.15, 0.2) is 0 Å². The molecule has 0 radical (unpaired) electrons. The number of carboxylic acid groups (broad SMARTS) is 1. The number of carbonyl (C=O) groups is 2. The molecule has 0 saturated heterocycles. The fourth-order valence-corrected chi connectivity index (χ4v) is 4.84. The van der Waals surface area contributed by atoms with Crippen molar-refractivity contribution in [2.45, 2.75) is 51.0 Å². The maximum atomic E-state index is 11.4. The highest BCUT2D eigenvalue weighted by Crippen LogP contribution is 2.62. The van der Waals surface area contributed by atoms with Gasteiger partial charge in [0.25, 0.3) is 0 Å². The Labute approximate surface area is 100 Å². The largest absolute Gasteiger partial charge is 0.550 e. The van der Waals surface area contributed by atoms with Crippen molar-refractivity contribution in [1.82, 2.24) is 0 Å². The lowest BCUT2D eigenvalue weighted by Gasteiger charge is -2.61. The van der Waals surface area contributed by atoms with Gasteiger partial charge < -0.3 is 14.6 Å². The average molecular weight is 237 g/mol. The zero-order valence-electron chi connectivity index (χ0n) is 10.0. The molecule has 0 aromatic heterocycles. The van der Waals surface area contributed by atoms with Crippen LogP contribution >= 0.6 is 0 Å². The van der Waals surface area contributed by atoms with Crippen LogP contribution in [-0.4, -0.2) is 17.5 Å². The number of hydrogen-bond acceptors (Lipinski definition) is 4. The Morgan fingerprint density at radius 3 is 2.24 bits per heavy atom. The molecule has 0 amide bonds. The molecule has 4 heteroatoms. The third-order valence-electron chi connectivity index (χ3n) is 4.80. The molecule has 94 valence electrons. The predicted octanol–water partition coefficient (Wildman–Crippen LogP) is 0.638. The van der Waals surface area contributed by atoms with Gasteiger partial charge in [-0.25, -0.2) is 0 Å². The van der Waals surface area contributed by atoms with Gasteiger partial charge >= 0.3 is 5.97 Å². The van der Waals surface area contributed by atoms with Crippen LogP contribution in [0, 0.1) is 17.3 Å². The van der Waals surface area contributed by atoms with Gasteiger partial charge in [0.2, 0.25) is 0 Å². The number of esters is 1. The zero-order chi connectivity index (χ0) is 12.3. The smallest absolute Gasteiger partial charge is 0.303 e. The quantitative estimate of drug-likeness (QED) is 0.661. The van der Waals surface area contributed by atoms with E-state index in [-0.39, 0.29) is 5.97 Å². The van der Waals surface area contributed by atoms with E-state index in [1.54, 1.807) is 0 Å². The van der Waals surface area contributed by atoms with Gasteiger partial charge in [-0.1, -0.05) is 0 Å². The molecule has 2 atom stereocenters. The highest BCUT2D eigenvalue weighted by atomic mass is 16.6. The number of rotatable bonds is 2. The molecular weight excluding hydrogens is 220 g/mol. The minimum atomic E-state index is -0.942. The lowest BCUT2D eigenvalue weighted by molar-refractivity contribution is -0.331. The van der Waals surface area contributed by atoms with Crippen LogP contribution in [0.25, 0.3) is 0 Å². The summed E-state index contributed by atoms with van der Waals surface area (Å²) in [5, 5.41) is 11.4. The molecule has 4 aliphatic carbocycles. The third-order valence-corrected chi connectivity index (χ3v) is 4.80. The van der Waals surface area contributed by atoms with Crippen molar-refractivity contribution in [1.29, 1.82) is 0 Å². The van der Waals surface area contributed by atoms with Crippen LogP contribution in [0.3, 0.4) is 0 Å². The number of ether oxygens (including phenoxy) is 1. The highest BCUT2D eigenvalue weighted by molar-refractivity contribution is 5.74. The van der Waals surface area contributed by atoms with Crippen molar-refractivity contribution in [2.75, 3.05) is 0 Å². The van der Waals surface area contributed by atoms with Crippen molar-refractivity contribution in [3.8, 4) is 0 Å². The van der Waals surface area contributed by atoms with E-state index in [0.717, 1.165) is 32.1 Å². The summed E-state index contributed by atoms with van der Waals surface area (Å²) in [5.74, 6) is -0.439. The minimum absolute atomic E-state index is 0.291. The molecule has 17 heavy (non-hydrogen) atoms. The molecule has 0 spiro atoms. The van der Waals surface area contributed by atoms with E-state index in [0.29, 0.717) is 18.3 Å². The van der Waals surface area contributed by atoms with E-state index in [4.69, 9.17) is 4.74 Å². The van der Waals surface area contributed by atoms with Crippen LogP contribution in [0.5, 0.6) is 0 Å². The summed E-state index contributed by atoms with van der Waals surface area (Å²) in [7, 11) is 0. The first-order valence-corrected chi connectivity index (χ1v) is 6.34. The highest BCUT2D eigenvalue weighted by Gasteiger charge is 2.59. The van der Waals surface area contributed by atoms with Gasteiger partial charge in [0.1, 0.15) is 5.60 Å².